The van der Waals surface area contributed by atoms with Crippen molar-refractivity contribution >= 4 is 21.8 Å². The van der Waals surface area contributed by atoms with Gasteiger partial charge in [0.2, 0.25) is 0 Å². The van der Waals surface area contributed by atoms with E-state index in [4.69, 9.17) is 10.5 Å². The van der Waals surface area contributed by atoms with Crippen LogP contribution in [-0.4, -0.2) is 18.6 Å². The molecule has 0 radical (unpaired) electrons. The predicted molar refractivity (Wildman–Crippen MR) is 82.7 cm³/mol. The van der Waals surface area contributed by atoms with Crippen LogP contribution >= 0.6 is 15.9 Å². The van der Waals surface area contributed by atoms with E-state index >= 15 is 0 Å². The number of nitrogens with one attached hydrogen (secondary N) is 1. The molecule has 3 N–H and O–H groups in total. The second-order valence-corrected chi connectivity index (χ2v) is 6.17. The number of benzene rings is 1. The number of nitrogens with two attached hydrogens (primary N) is 1. The first-order valence-corrected chi connectivity index (χ1v) is 7.80. The van der Waals surface area contributed by atoms with Gasteiger partial charge in [0.1, 0.15) is 5.75 Å². The summed E-state index contributed by atoms with van der Waals surface area (Å²) >= 11 is 3.44. The molecule has 0 spiro atoms. The highest BCUT2D eigenvalue weighted by molar-refractivity contribution is 9.10. The van der Waals surface area contributed by atoms with Gasteiger partial charge < -0.3 is 15.8 Å². The Hall–Kier alpha value is -1.07. The van der Waals surface area contributed by atoms with E-state index in [0.29, 0.717) is 12.6 Å². The molecule has 1 aliphatic rings. The Morgan fingerprint density at radius 2 is 2.15 bits per heavy atom. The maximum absolute atomic E-state index is 11.9. The van der Waals surface area contributed by atoms with E-state index in [-0.39, 0.29) is 12.5 Å². The molecule has 2 rings (SSSR count). The van der Waals surface area contributed by atoms with Crippen molar-refractivity contribution in [3.8, 4) is 5.75 Å². The first-order valence-electron chi connectivity index (χ1n) is 7.01. The summed E-state index contributed by atoms with van der Waals surface area (Å²) in [7, 11) is 0. The van der Waals surface area contributed by atoms with Crippen LogP contribution in [0.25, 0.3) is 0 Å². The molecular weight excluding hydrogens is 320 g/mol. The zero-order valence-electron chi connectivity index (χ0n) is 11.7. The fourth-order valence-electron chi connectivity index (χ4n) is 2.63. The lowest BCUT2D eigenvalue weighted by Gasteiger charge is -2.16. The minimum atomic E-state index is -0.0535. The number of carbonyl (C=O) groups excluding carboxylic acids is 1. The molecule has 110 valence electrons. The van der Waals surface area contributed by atoms with Gasteiger partial charge >= 0.3 is 0 Å². The smallest absolute Gasteiger partial charge is 0.258 e. The Bertz CT molecular complexity index is 485. The van der Waals surface area contributed by atoms with Crippen molar-refractivity contribution < 1.29 is 9.53 Å². The largest absolute Gasteiger partial charge is 0.483 e. The molecule has 5 heteroatoms. The molecule has 0 atom stereocenters. The van der Waals surface area contributed by atoms with E-state index in [9.17, 15) is 4.79 Å². The average molecular weight is 341 g/mol. The number of halogens is 1. The Labute approximate surface area is 128 Å². The van der Waals surface area contributed by atoms with Crippen LogP contribution in [0, 0.1) is 6.92 Å². The SMILES string of the molecule is Cc1cc(Br)cc(CN)c1OCC(=O)NC1CCCC1. The van der Waals surface area contributed by atoms with Gasteiger partial charge in [-0.2, -0.15) is 0 Å². The number of rotatable bonds is 5. The Kier molecular flexibility index (Phi) is 5.43. The summed E-state index contributed by atoms with van der Waals surface area (Å²) in [5.74, 6) is 0.666. The minimum absolute atomic E-state index is 0.0476. The normalized spacial score (nSPS) is 15.3. The Morgan fingerprint density at radius 3 is 2.80 bits per heavy atom. The maximum Gasteiger partial charge on any atom is 0.258 e. The number of carbonyl (C=O) groups is 1. The lowest BCUT2D eigenvalue weighted by atomic mass is 10.1. The van der Waals surface area contributed by atoms with Gasteiger partial charge in [0, 0.05) is 22.6 Å². The molecule has 0 aliphatic heterocycles. The number of amides is 1. The summed E-state index contributed by atoms with van der Waals surface area (Å²) in [5, 5.41) is 3.01. The van der Waals surface area contributed by atoms with E-state index in [2.05, 4.69) is 21.2 Å². The van der Waals surface area contributed by atoms with Crippen molar-refractivity contribution in [2.75, 3.05) is 6.61 Å². The van der Waals surface area contributed by atoms with Crippen LogP contribution in [-0.2, 0) is 11.3 Å². The topological polar surface area (TPSA) is 64.3 Å². The average Bonchev–Trinajstić information content (AvgIpc) is 2.89. The van der Waals surface area contributed by atoms with Gasteiger partial charge in [-0.25, -0.2) is 0 Å². The molecule has 1 aromatic carbocycles. The van der Waals surface area contributed by atoms with Crippen LogP contribution in [0.2, 0.25) is 0 Å². The third-order valence-electron chi connectivity index (χ3n) is 3.60. The first kappa shape index (κ1) is 15.3. The van der Waals surface area contributed by atoms with Crippen LogP contribution in [0.4, 0.5) is 0 Å². The second-order valence-electron chi connectivity index (χ2n) is 5.25. The van der Waals surface area contributed by atoms with Crippen molar-refractivity contribution in [2.45, 2.75) is 45.2 Å². The van der Waals surface area contributed by atoms with Gasteiger partial charge in [-0.15, -0.1) is 0 Å². The standard InChI is InChI=1S/C15H21BrN2O2/c1-10-6-12(16)7-11(8-17)15(10)20-9-14(19)18-13-4-2-3-5-13/h6-7,13H,2-5,8-9,17H2,1H3,(H,18,19). The van der Waals surface area contributed by atoms with Crippen molar-refractivity contribution in [1.29, 1.82) is 0 Å². The Morgan fingerprint density at radius 1 is 1.45 bits per heavy atom. The fraction of sp³-hybridized carbons (Fsp3) is 0.533. The van der Waals surface area contributed by atoms with E-state index in [1.54, 1.807) is 0 Å². The van der Waals surface area contributed by atoms with Gasteiger partial charge in [-0.05, 0) is 37.5 Å². The number of ether oxygens (including phenoxy) is 1. The highest BCUT2D eigenvalue weighted by Crippen LogP contribution is 2.27. The molecule has 1 fully saturated rings. The highest BCUT2D eigenvalue weighted by Gasteiger charge is 2.17. The molecule has 1 saturated carbocycles. The van der Waals surface area contributed by atoms with Gasteiger partial charge in [0.05, 0.1) is 0 Å². The summed E-state index contributed by atoms with van der Waals surface area (Å²) in [6, 6.07) is 4.21. The molecule has 0 saturated heterocycles. The van der Waals surface area contributed by atoms with Gasteiger partial charge in [0.15, 0.2) is 6.61 Å². The highest BCUT2D eigenvalue weighted by atomic mass is 79.9. The van der Waals surface area contributed by atoms with E-state index < -0.39 is 0 Å². The number of hydrogen-bond donors (Lipinski definition) is 2. The summed E-state index contributed by atoms with van der Waals surface area (Å²) in [6.45, 7) is 2.39. The van der Waals surface area contributed by atoms with Crippen molar-refractivity contribution in [3.05, 3.63) is 27.7 Å². The summed E-state index contributed by atoms with van der Waals surface area (Å²) in [4.78, 5) is 11.9. The molecule has 20 heavy (non-hydrogen) atoms. The van der Waals surface area contributed by atoms with Gasteiger partial charge in [0.25, 0.3) is 5.91 Å². The summed E-state index contributed by atoms with van der Waals surface area (Å²) < 4.78 is 6.64. The molecule has 0 aromatic heterocycles. The fourth-order valence-corrected chi connectivity index (χ4v) is 3.25. The van der Waals surface area contributed by atoms with Crippen molar-refractivity contribution in [1.82, 2.24) is 5.32 Å². The van der Waals surface area contributed by atoms with Crippen LogP contribution in [0.3, 0.4) is 0 Å². The zero-order chi connectivity index (χ0) is 14.5. The predicted octanol–water partition coefficient (Wildman–Crippen LogP) is 2.65. The molecule has 0 bridgehead atoms. The van der Waals surface area contributed by atoms with Crippen LogP contribution in [0.5, 0.6) is 5.75 Å². The maximum atomic E-state index is 11.9. The third kappa shape index (κ3) is 3.96. The Balaban J connectivity index is 1.94. The molecule has 4 nitrogen and oxygen atoms in total. The zero-order valence-corrected chi connectivity index (χ0v) is 13.3. The first-order chi connectivity index (χ1) is 9.60. The number of aryl methyl sites for hydroxylation is 1. The molecule has 1 amide bonds. The lowest BCUT2D eigenvalue weighted by Crippen LogP contribution is -2.36. The van der Waals surface area contributed by atoms with E-state index in [1.165, 1.54) is 12.8 Å². The van der Waals surface area contributed by atoms with E-state index in [1.807, 2.05) is 19.1 Å². The molecular formula is C15H21BrN2O2. The van der Waals surface area contributed by atoms with Crippen LogP contribution in [0.1, 0.15) is 36.8 Å². The van der Waals surface area contributed by atoms with Crippen LogP contribution in [0.15, 0.2) is 16.6 Å². The summed E-state index contributed by atoms with van der Waals surface area (Å²) in [5.41, 5.74) is 7.61. The summed E-state index contributed by atoms with van der Waals surface area (Å²) in [6.07, 6.45) is 4.57. The van der Waals surface area contributed by atoms with Crippen molar-refractivity contribution in [3.63, 3.8) is 0 Å². The third-order valence-corrected chi connectivity index (χ3v) is 4.06. The van der Waals surface area contributed by atoms with Crippen LogP contribution < -0.4 is 15.8 Å². The van der Waals surface area contributed by atoms with Gasteiger partial charge in [-0.1, -0.05) is 28.8 Å². The number of hydrogen-bond acceptors (Lipinski definition) is 3. The van der Waals surface area contributed by atoms with E-state index in [0.717, 1.165) is 34.2 Å². The van der Waals surface area contributed by atoms with Crippen molar-refractivity contribution in [2.24, 2.45) is 5.73 Å². The minimum Gasteiger partial charge on any atom is -0.483 e. The molecule has 0 unspecified atom stereocenters. The monoisotopic (exact) mass is 340 g/mol. The molecule has 1 aliphatic carbocycles. The second kappa shape index (κ2) is 7.09. The molecule has 0 heterocycles. The lowest BCUT2D eigenvalue weighted by molar-refractivity contribution is -0.123. The quantitative estimate of drug-likeness (QED) is 0.865. The van der Waals surface area contributed by atoms with Gasteiger partial charge in [-0.3, -0.25) is 4.79 Å². The molecule has 1 aromatic rings.